The molecule has 1 saturated carbocycles. The highest BCUT2D eigenvalue weighted by atomic mass is 79.9. The summed E-state index contributed by atoms with van der Waals surface area (Å²) in [6.45, 7) is 1.42. The molecule has 116 valence electrons. The van der Waals surface area contributed by atoms with Crippen LogP contribution in [0.3, 0.4) is 0 Å². The van der Waals surface area contributed by atoms with Crippen molar-refractivity contribution >= 4 is 31.7 Å². The maximum absolute atomic E-state index is 12.3. The van der Waals surface area contributed by atoms with Crippen molar-refractivity contribution in [1.82, 2.24) is 0 Å². The summed E-state index contributed by atoms with van der Waals surface area (Å²) in [6.07, 6.45) is 0. The molecule has 1 fully saturated rings. The highest BCUT2D eigenvalue weighted by molar-refractivity contribution is 9.10. The van der Waals surface area contributed by atoms with Gasteiger partial charge < -0.3 is 9.84 Å². The van der Waals surface area contributed by atoms with Crippen LogP contribution in [0.15, 0.2) is 28.7 Å². The Morgan fingerprint density at radius 1 is 1.38 bits per heavy atom. The zero-order valence-electron chi connectivity index (χ0n) is 11.7. The summed E-state index contributed by atoms with van der Waals surface area (Å²) in [5.41, 5.74) is -0.683. The number of rotatable bonds is 6. The van der Waals surface area contributed by atoms with Crippen LogP contribution in [-0.2, 0) is 19.4 Å². The van der Waals surface area contributed by atoms with Gasteiger partial charge in [0.15, 0.2) is 9.84 Å². The predicted molar refractivity (Wildman–Crippen MR) is 82.1 cm³/mol. The van der Waals surface area contributed by atoms with Gasteiger partial charge in [-0.1, -0.05) is 35.0 Å². The molecular weight excluding hydrogens is 360 g/mol. The van der Waals surface area contributed by atoms with Crippen molar-refractivity contribution in [3.63, 3.8) is 0 Å². The van der Waals surface area contributed by atoms with E-state index in [1.54, 1.807) is 24.3 Å². The molecule has 1 aromatic carbocycles. The fourth-order valence-corrected chi connectivity index (χ4v) is 5.30. The number of carboxylic acid groups (broad SMARTS) is 1. The topological polar surface area (TPSA) is 80.7 Å². The van der Waals surface area contributed by atoms with Crippen LogP contribution in [0.25, 0.3) is 0 Å². The first-order chi connectivity index (χ1) is 9.81. The predicted octanol–water partition coefficient (Wildman–Crippen LogP) is 2.07. The Kier molecular flexibility index (Phi) is 4.46. The Morgan fingerprint density at radius 2 is 1.95 bits per heavy atom. The molecule has 0 unspecified atom stereocenters. The van der Waals surface area contributed by atoms with Gasteiger partial charge in [0.05, 0.1) is 11.9 Å². The van der Waals surface area contributed by atoms with E-state index in [0.717, 1.165) is 4.47 Å². The summed E-state index contributed by atoms with van der Waals surface area (Å²) < 4.78 is 30.4. The number of carbonyl (C=O) groups is 1. The largest absolute Gasteiger partial charge is 0.481 e. The molecule has 0 spiro atoms. The van der Waals surface area contributed by atoms with Crippen LogP contribution in [0.4, 0.5) is 0 Å². The van der Waals surface area contributed by atoms with E-state index in [2.05, 4.69) is 15.9 Å². The van der Waals surface area contributed by atoms with Crippen LogP contribution in [-0.4, -0.2) is 44.2 Å². The van der Waals surface area contributed by atoms with Crippen molar-refractivity contribution < 1.29 is 23.1 Å². The Hall–Kier alpha value is -0.920. The summed E-state index contributed by atoms with van der Waals surface area (Å²) in [5.74, 6) is -1.78. The Balaban J connectivity index is 2.51. The second kappa shape index (κ2) is 5.70. The van der Waals surface area contributed by atoms with Gasteiger partial charge in [0, 0.05) is 23.3 Å². The molecule has 0 heterocycles. The molecule has 7 heteroatoms. The molecule has 1 N–H and O–H groups in total. The zero-order valence-corrected chi connectivity index (χ0v) is 14.1. The number of sulfone groups is 1. The van der Waals surface area contributed by atoms with Crippen molar-refractivity contribution in [3.05, 3.63) is 34.3 Å². The van der Waals surface area contributed by atoms with Crippen LogP contribution in [0.2, 0.25) is 0 Å². The molecule has 0 aromatic heterocycles. The molecule has 0 bridgehead atoms. The Bertz CT molecular complexity index is 640. The van der Waals surface area contributed by atoms with E-state index in [0.29, 0.717) is 5.56 Å². The summed E-state index contributed by atoms with van der Waals surface area (Å²) >= 11 is 3.31. The number of benzene rings is 1. The number of carboxylic acids is 1. The first kappa shape index (κ1) is 16.5. The van der Waals surface area contributed by atoms with E-state index < -0.39 is 32.4 Å². The van der Waals surface area contributed by atoms with Gasteiger partial charge in [-0.25, -0.2) is 8.42 Å². The van der Waals surface area contributed by atoms with E-state index in [1.165, 1.54) is 14.0 Å². The zero-order chi connectivity index (χ0) is 15.8. The van der Waals surface area contributed by atoms with E-state index in [1.807, 2.05) is 0 Å². The van der Waals surface area contributed by atoms with Crippen molar-refractivity contribution in [2.45, 2.75) is 18.1 Å². The molecule has 2 rings (SSSR count). The highest BCUT2D eigenvalue weighted by Gasteiger charge is 2.75. The quantitative estimate of drug-likeness (QED) is 0.821. The van der Waals surface area contributed by atoms with Gasteiger partial charge in [0.1, 0.15) is 5.41 Å². The summed E-state index contributed by atoms with van der Waals surface area (Å²) in [5, 5.41) is 8.66. The van der Waals surface area contributed by atoms with Gasteiger partial charge in [0.2, 0.25) is 0 Å². The van der Waals surface area contributed by atoms with Crippen LogP contribution in [0, 0.1) is 5.41 Å². The van der Waals surface area contributed by atoms with Gasteiger partial charge >= 0.3 is 5.97 Å². The third kappa shape index (κ3) is 2.62. The van der Waals surface area contributed by atoms with Crippen molar-refractivity contribution in [1.29, 1.82) is 0 Å². The fraction of sp³-hybridized carbons (Fsp3) is 0.500. The molecule has 1 aromatic rings. The second-order valence-electron chi connectivity index (χ2n) is 5.18. The molecule has 21 heavy (non-hydrogen) atoms. The van der Waals surface area contributed by atoms with Crippen LogP contribution >= 0.6 is 15.9 Å². The lowest BCUT2D eigenvalue weighted by Crippen LogP contribution is -2.29. The smallest absolute Gasteiger partial charge is 0.314 e. The lowest BCUT2D eigenvalue weighted by Gasteiger charge is -2.11. The molecule has 1 aliphatic rings. The number of aliphatic carboxylic acids is 1. The highest BCUT2D eigenvalue weighted by Crippen LogP contribution is 2.63. The SMILES string of the molecule is CCS(=O)(=O)[C@@H]1[C@@H](c2ccc(Br)cc2)[C@@]1(COC)C(=O)O. The minimum absolute atomic E-state index is 0.0799. The number of methoxy groups -OCH3 is 1. The average molecular weight is 377 g/mol. The van der Waals surface area contributed by atoms with Gasteiger partial charge in [-0.3, -0.25) is 4.79 Å². The molecule has 0 saturated heterocycles. The molecule has 5 nitrogen and oxygen atoms in total. The minimum atomic E-state index is -3.48. The van der Waals surface area contributed by atoms with Gasteiger partial charge in [-0.2, -0.15) is 0 Å². The third-order valence-electron chi connectivity index (χ3n) is 4.06. The van der Waals surface area contributed by atoms with Crippen molar-refractivity contribution in [3.8, 4) is 0 Å². The normalized spacial score (nSPS) is 28.3. The average Bonchev–Trinajstić information content (AvgIpc) is 3.11. The summed E-state index contributed by atoms with van der Waals surface area (Å²) in [7, 11) is -2.09. The molecule has 1 aliphatic carbocycles. The minimum Gasteiger partial charge on any atom is -0.481 e. The van der Waals surface area contributed by atoms with Crippen molar-refractivity contribution in [2.75, 3.05) is 19.5 Å². The number of hydrogen-bond acceptors (Lipinski definition) is 4. The first-order valence-electron chi connectivity index (χ1n) is 6.50. The maximum Gasteiger partial charge on any atom is 0.314 e. The van der Waals surface area contributed by atoms with E-state index >= 15 is 0 Å². The molecule has 0 amide bonds. The fourth-order valence-electron chi connectivity index (χ4n) is 2.98. The van der Waals surface area contributed by atoms with E-state index in [4.69, 9.17) is 4.74 Å². The molecule has 0 aliphatic heterocycles. The molecule has 0 radical (unpaired) electrons. The summed E-state index contributed by atoms with van der Waals surface area (Å²) in [6, 6.07) is 7.08. The van der Waals surface area contributed by atoms with Crippen LogP contribution in [0.5, 0.6) is 0 Å². The second-order valence-corrected chi connectivity index (χ2v) is 8.51. The molecule has 3 atom stereocenters. The maximum atomic E-state index is 12.3. The summed E-state index contributed by atoms with van der Waals surface area (Å²) in [4.78, 5) is 11.7. The van der Waals surface area contributed by atoms with Crippen molar-refractivity contribution in [2.24, 2.45) is 5.41 Å². The number of halogens is 1. The standard InChI is InChI=1S/C14H17BrO5S/c1-3-21(18,19)12-11(9-4-6-10(15)7-5-9)14(12,8-20-2)13(16)17/h4-7,11-12H,3,8H2,1-2H3,(H,16,17)/t11-,12-,14-/m1/s1. The first-order valence-corrected chi connectivity index (χ1v) is 9.01. The Labute approximate surface area is 132 Å². The van der Waals surface area contributed by atoms with Gasteiger partial charge in [-0.05, 0) is 17.7 Å². The lowest BCUT2D eigenvalue weighted by atomic mass is 10.0. The third-order valence-corrected chi connectivity index (χ3v) is 6.86. The van der Waals surface area contributed by atoms with Crippen LogP contribution < -0.4 is 0 Å². The number of hydrogen-bond donors (Lipinski definition) is 1. The number of ether oxygens (including phenoxy) is 1. The Morgan fingerprint density at radius 3 is 2.38 bits per heavy atom. The van der Waals surface area contributed by atoms with E-state index in [9.17, 15) is 18.3 Å². The van der Waals surface area contributed by atoms with Crippen LogP contribution in [0.1, 0.15) is 18.4 Å². The lowest BCUT2D eigenvalue weighted by molar-refractivity contribution is -0.145. The van der Waals surface area contributed by atoms with Gasteiger partial charge in [0.25, 0.3) is 0 Å². The van der Waals surface area contributed by atoms with E-state index in [-0.39, 0.29) is 12.4 Å². The molecular formula is C14H17BrO5S. The van der Waals surface area contributed by atoms with Gasteiger partial charge in [-0.15, -0.1) is 0 Å². The monoisotopic (exact) mass is 376 g/mol.